The molecule has 0 unspecified atom stereocenters. The van der Waals surface area contributed by atoms with E-state index >= 15 is 0 Å². The molecule has 0 spiro atoms. The molecule has 0 bridgehead atoms. The number of aromatic nitrogens is 1. The van der Waals surface area contributed by atoms with Gasteiger partial charge in [0.1, 0.15) is 5.76 Å². The molecule has 2 rings (SSSR count). The second kappa shape index (κ2) is 8.78. The molecule has 1 aromatic carbocycles. The number of esters is 1. The van der Waals surface area contributed by atoms with E-state index in [4.69, 9.17) is 13.9 Å². The molecule has 2 aromatic rings. The van der Waals surface area contributed by atoms with Gasteiger partial charge in [-0.2, -0.15) is 0 Å². The Morgan fingerprint density at radius 3 is 2.48 bits per heavy atom. The Morgan fingerprint density at radius 1 is 1.24 bits per heavy atom. The molecule has 0 amide bonds. The first-order valence-electron chi connectivity index (χ1n) is 8.34. The summed E-state index contributed by atoms with van der Waals surface area (Å²) in [5, 5.41) is 0. The van der Waals surface area contributed by atoms with Crippen LogP contribution in [-0.4, -0.2) is 49.3 Å². The van der Waals surface area contributed by atoms with E-state index in [1.807, 2.05) is 19.1 Å². The van der Waals surface area contributed by atoms with E-state index in [9.17, 15) is 4.79 Å². The number of rotatable bonds is 8. The van der Waals surface area contributed by atoms with Gasteiger partial charge in [-0.25, -0.2) is 9.78 Å². The van der Waals surface area contributed by atoms with Gasteiger partial charge in [0.25, 0.3) is 0 Å². The summed E-state index contributed by atoms with van der Waals surface area (Å²) in [7, 11) is 3.07. The molecule has 0 aliphatic rings. The van der Waals surface area contributed by atoms with E-state index in [0.717, 1.165) is 23.6 Å². The number of nitrogens with zero attached hydrogens (tertiary/aromatic N) is 2. The van der Waals surface area contributed by atoms with E-state index in [1.165, 1.54) is 7.11 Å². The van der Waals surface area contributed by atoms with Crippen LogP contribution in [0.1, 0.15) is 35.7 Å². The maximum Gasteiger partial charge on any atom is 0.337 e. The van der Waals surface area contributed by atoms with Gasteiger partial charge in [-0.05, 0) is 45.0 Å². The number of carbonyl (C=O) groups excluding carboxylic acids is 1. The van der Waals surface area contributed by atoms with Crippen molar-refractivity contribution < 1.29 is 18.7 Å². The lowest BCUT2D eigenvalue weighted by Gasteiger charge is -2.25. The van der Waals surface area contributed by atoms with Gasteiger partial charge in [-0.3, -0.25) is 4.90 Å². The molecule has 0 saturated carbocycles. The van der Waals surface area contributed by atoms with Gasteiger partial charge in [0.2, 0.25) is 5.89 Å². The molecule has 1 aromatic heterocycles. The van der Waals surface area contributed by atoms with E-state index in [2.05, 4.69) is 23.7 Å². The fourth-order valence-electron chi connectivity index (χ4n) is 2.49. The number of benzene rings is 1. The van der Waals surface area contributed by atoms with Gasteiger partial charge in [0.15, 0.2) is 0 Å². The van der Waals surface area contributed by atoms with Crippen molar-refractivity contribution in [3.8, 4) is 11.5 Å². The Hall–Kier alpha value is -2.18. The minimum Gasteiger partial charge on any atom is -0.465 e. The number of oxazole rings is 1. The molecule has 25 heavy (non-hydrogen) atoms. The molecule has 6 heteroatoms. The number of hydrogen-bond acceptors (Lipinski definition) is 6. The first-order chi connectivity index (χ1) is 12.0. The highest BCUT2D eigenvalue weighted by Gasteiger charge is 2.17. The number of hydrogen-bond donors (Lipinski definition) is 0. The Balaban J connectivity index is 2.17. The molecule has 0 aliphatic heterocycles. The summed E-state index contributed by atoms with van der Waals surface area (Å²) in [6.07, 6.45) is 0. The number of methoxy groups -OCH3 is 2. The van der Waals surface area contributed by atoms with E-state index < -0.39 is 0 Å². The monoisotopic (exact) mass is 346 g/mol. The van der Waals surface area contributed by atoms with Crippen LogP contribution in [0.5, 0.6) is 0 Å². The van der Waals surface area contributed by atoms with Crippen LogP contribution >= 0.6 is 0 Å². The molecule has 0 N–H and O–H groups in total. The third-order valence-corrected chi connectivity index (χ3v) is 4.11. The lowest BCUT2D eigenvalue weighted by atomic mass is 10.1. The Morgan fingerprint density at radius 2 is 1.92 bits per heavy atom. The number of ether oxygens (including phenoxy) is 2. The first kappa shape index (κ1) is 19.1. The van der Waals surface area contributed by atoms with Crippen LogP contribution in [0.4, 0.5) is 0 Å². The Labute approximate surface area is 148 Å². The Kier molecular flexibility index (Phi) is 6.73. The highest BCUT2D eigenvalue weighted by atomic mass is 16.5. The predicted molar refractivity (Wildman–Crippen MR) is 95.4 cm³/mol. The van der Waals surface area contributed by atoms with Gasteiger partial charge in [-0.1, -0.05) is 0 Å². The van der Waals surface area contributed by atoms with Crippen LogP contribution in [0.3, 0.4) is 0 Å². The fourth-order valence-corrected chi connectivity index (χ4v) is 2.49. The van der Waals surface area contributed by atoms with Crippen molar-refractivity contribution in [2.24, 2.45) is 0 Å². The third kappa shape index (κ3) is 4.90. The third-order valence-electron chi connectivity index (χ3n) is 4.11. The lowest BCUT2D eigenvalue weighted by molar-refractivity contribution is 0.0600. The molecule has 0 atom stereocenters. The minimum atomic E-state index is -0.360. The van der Waals surface area contributed by atoms with Gasteiger partial charge >= 0.3 is 5.97 Å². The van der Waals surface area contributed by atoms with Crippen molar-refractivity contribution in [2.45, 2.75) is 33.4 Å². The van der Waals surface area contributed by atoms with E-state index in [1.54, 1.807) is 19.2 Å². The van der Waals surface area contributed by atoms with E-state index in [-0.39, 0.29) is 5.97 Å². The lowest BCUT2D eigenvalue weighted by Crippen LogP contribution is -2.33. The van der Waals surface area contributed by atoms with Crippen LogP contribution in [0, 0.1) is 6.92 Å². The zero-order valence-electron chi connectivity index (χ0n) is 15.5. The van der Waals surface area contributed by atoms with Crippen LogP contribution in [0.25, 0.3) is 11.5 Å². The van der Waals surface area contributed by atoms with Gasteiger partial charge in [0.05, 0.1) is 25.0 Å². The summed E-state index contributed by atoms with van der Waals surface area (Å²) in [4.78, 5) is 18.4. The summed E-state index contributed by atoms with van der Waals surface area (Å²) >= 11 is 0. The van der Waals surface area contributed by atoms with Crippen LogP contribution in [0.2, 0.25) is 0 Å². The summed E-state index contributed by atoms with van der Waals surface area (Å²) < 4.78 is 15.7. The zero-order chi connectivity index (χ0) is 18.4. The van der Waals surface area contributed by atoms with Crippen LogP contribution < -0.4 is 0 Å². The van der Waals surface area contributed by atoms with Crippen LogP contribution in [-0.2, 0) is 16.0 Å². The number of carbonyl (C=O) groups is 1. The van der Waals surface area contributed by atoms with Crippen molar-refractivity contribution in [1.29, 1.82) is 0 Å². The topological polar surface area (TPSA) is 64.8 Å². The fraction of sp³-hybridized carbons (Fsp3) is 0.474. The predicted octanol–water partition coefficient (Wildman–Crippen LogP) is 3.29. The van der Waals surface area contributed by atoms with Crippen molar-refractivity contribution in [3.63, 3.8) is 0 Å². The molecular formula is C19H26N2O4. The normalized spacial score (nSPS) is 11.3. The Bertz CT molecular complexity index is 692. The highest BCUT2D eigenvalue weighted by Crippen LogP contribution is 2.23. The smallest absolute Gasteiger partial charge is 0.337 e. The van der Waals surface area contributed by atoms with E-state index in [0.29, 0.717) is 30.6 Å². The second-order valence-electron chi connectivity index (χ2n) is 6.15. The number of aryl methyl sites for hydroxylation is 1. The molecule has 1 heterocycles. The highest BCUT2D eigenvalue weighted by molar-refractivity contribution is 5.89. The maximum atomic E-state index is 11.5. The zero-order valence-corrected chi connectivity index (χ0v) is 15.5. The second-order valence-corrected chi connectivity index (χ2v) is 6.15. The molecule has 0 fully saturated rings. The van der Waals surface area contributed by atoms with Crippen molar-refractivity contribution >= 4 is 5.97 Å². The molecular weight excluding hydrogens is 320 g/mol. The summed E-state index contributed by atoms with van der Waals surface area (Å²) in [5.74, 6) is 0.996. The van der Waals surface area contributed by atoms with Gasteiger partial charge < -0.3 is 13.9 Å². The van der Waals surface area contributed by atoms with Crippen molar-refractivity contribution in [2.75, 3.05) is 27.4 Å². The molecule has 0 aliphatic carbocycles. The average molecular weight is 346 g/mol. The van der Waals surface area contributed by atoms with Gasteiger partial charge in [-0.15, -0.1) is 0 Å². The maximum absolute atomic E-state index is 11.5. The largest absolute Gasteiger partial charge is 0.465 e. The quantitative estimate of drug-likeness (QED) is 0.684. The standard InChI is InChI=1S/C19H26N2O4/c1-13(2)21(10-11-23-4)12-17-14(3)25-18(20-17)15-6-8-16(9-7-15)19(22)24-5/h6-9,13H,10-12H2,1-5H3. The molecule has 136 valence electrons. The molecule has 0 radical (unpaired) electrons. The molecule has 6 nitrogen and oxygen atoms in total. The SMILES string of the molecule is COCCN(Cc1nc(-c2ccc(C(=O)OC)cc2)oc1C)C(C)C. The summed E-state index contributed by atoms with van der Waals surface area (Å²) in [5.41, 5.74) is 2.24. The van der Waals surface area contributed by atoms with Crippen LogP contribution in [0.15, 0.2) is 28.7 Å². The summed E-state index contributed by atoms with van der Waals surface area (Å²) in [6, 6.07) is 7.42. The first-order valence-corrected chi connectivity index (χ1v) is 8.34. The minimum absolute atomic E-state index is 0.360. The van der Waals surface area contributed by atoms with Crippen molar-refractivity contribution in [1.82, 2.24) is 9.88 Å². The summed E-state index contributed by atoms with van der Waals surface area (Å²) in [6.45, 7) is 8.44. The molecule has 0 saturated heterocycles. The van der Waals surface area contributed by atoms with Gasteiger partial charge in [0, 0.05) is 31.8 Å². The average Bonchev–Trinajstić information content (AvgIpc) is 2.98. The van der Waals surface area contributed by atoms with Crippen molar-refractivity contribution in [3.05, 3.63) is 41.3 Å².